The molecule has 2 aliphatic heterocycles. The molecule has 0 atom stereocenters. The van der Waals surface area contributed by atoms with Crippen molar-refractivity contribution in [2.24, 2.45) is 0 Å². The van der Waals surface area contributed by atoms with E-state index in [-0.39, 0.29) is 5.78 Å². The first kappa shape index (κ1) is 19.1. The van der Waals surface area contributed by atoms with Crippen molar-refractivity contribution >= 4 is 23.2 Å². The third-order valence-electron chi connectivity index (χ3n) is 5.58. The lowest BCUT2D eigenvalue weighted by molar-refractivity contribution is 0.0951. The molecule has 3 heterocycles. The lowest BCUT2D eigenvalue weighted by Gasteiger charge is -2.30. The van der Waals surface area contributed by atoms with Crippen molar-refractivity contribution in [3.8, 4) is 11.5 Å². The van der Waals surface area contributed by atoms with Crippen LogP contribution in [0, 0.1) is 13.8 Å². The number of allylic oxidation sites excluding steroid dienone is 1. The molecular formula is C25H23NO3S. The average Bonchev–Trinajstić information content (AvgIpc) is 3.36. The van der Waals surface area contributed by atoms with Crippen molar-refractivity contribution in [3.63, 3.8) is 0 Å². The molecule has 2 aromatic carbocycles. The molecule has 0 bridgehead atoms. The van der Waals surface area contributed by atoms with Gasteiger partial charge < -0.3 is 9.47 Å². The molecule has 0 aliphatic carbocycles. The maximum Gasteiger partial charge on any atom is 0.232 e. The number of ether oxygens (including phenoxy) is 2. The zero-order valence-corrected chi connectivity index (χ0v) is 17.9. The first-order valence-corrected chi connectivity index (χ1v) is 11.0. The van der Waals surface area contributed by atoms with E-state index in [1.54, 1.807) is 11.3 Å². The normalized spacial score (nSPS) is 16.9. The maximum absolute atomic E-state index is 13.1. The van der Waals surface area contributed by atoms with Crippen molar-refractivity contribution in [2.75, 3.05) is 13.3 Å². The molecule has 0 fully saturated rings. The first-order valence-electron chi connectivity index (χ1n) is 10.1. The van der Waals surface area contributed by atoms with E-state index >= 15 is 0 Å². The van der Waals surface area contributed by atoms with E-state index < -0.39 is 0 Å². The van der Waals surface area contributed by atoms with Crippen LogP contribution in [0.15, 0.2) is 53.6 Å². The van der Waals surface area contributed by atoms with Gasteiger partial charge in [0.2, 0.25) is 5.78 Å². The fourth-order valence-corrected chi connectivity index (χ4v) is 4.75. The summed E-state index contributed by atoms with van der Waals surface area (Å²) < 4.78 is 12.2. The summed E-state index contributed by atoms with van der Waals surface area (Å²) in [6, 6.07) is 14.3. The molecule has 0 spiro atoms. The fraction of sp³-hybridized carbons (Fsp3) is 0.240. The van der Waals surface area contributed by atoms with Gasteiger partial charge >= 0.3 is 0 Å². The summed E-state index contributed by atoms with van der Waals surface area (Å²) in [6.07, 6.45) is 2.82. The van der Waals surface area contributed by atoms with Crippen LogP contribution in [0.1, 0.15) is 37.5 Å². The quantitative estimate of drug-likeness (QED) is 0.535. The van der Waals surface area contributed by atoms with Crippen LogP contribution < -0.4 is 9.47 Å². The van der Waals surface area contributed by atoms with Crippen LogP contribution >= 0.6 is 11.3 Å². The number of aryl methyl sites for hydroxylation is 2. The number of thiophene rings is 1. The lowest BCUT2D eigenvalue weighted by atomic mass is 9.98. The maximum atomic E-state index is 13.1. The molecule has 0 amide bonds. The molecule has 4 nitrogen and oxygen atoms in total. The van der Waals surface area contributed by atoms with E-state index in [1.807, 2.05) is 50.3 Å². The molecule has 0 saturated carbocycles. The number of hydrogen-bond donors (Lipinski definition) is 0. The Morgan fingerprint density at radius 1 is 1.17 bits per heavy atom. The summed E-state index contributed by atoms with van der Waals surface area (Å²) in [7, 11) is 0. The minimum Gasteiger partial charge on any atom is -0.478 e. The van der Waals surface area contributed by atoms with E-state index in [9.17, 15) is 4.79 Å². The molecule has 3 aromatic rings. The number of rotatable bonds is 4. The van der Waals surface area contributed by atoms with Gasteiger partial charge in [-0.15, -0.1) is 11.3 Å². The topological polar surface area (TPSA) is 38.8 Å². The Morgan fingerprint density at radius 2 is 2.07 bits per heavy atom. The van der Waals surface area contributed by atoms with Gasteiger partial charge in [0, 0.05) is 18.0 Å². The van der Waals surface area contributed by atoms with Gasteiger partial charge in [-0.1, -0.05) is 35.9 Å². The third-order valence-corrected chi connectivity index (χ3v) is 6.52. The van der Waals surface area contributed by atoms with Gasteiger partial charge in [-0.25, -0.2) is 0 Å². The highest BCUT2D eigenvalue weighted by atomic mass is 32.1. The number of ketones is 1. The van der Waals surface area contributed by atoms with E-state index in [1.165, 1.54) is 4.88 Å². The van der Waals surface area contributed by atoms with Gasteiger partial charge in [0.25, 0.3) is 0 Å². The van der Waals surface area contributed by atoms with Gasteiger partial charge in [0.05, 0.1) is 11.1 Å². The second kappa shape index (κ2) is 7.74. The second-order valence-electron chi connectivity index (χ2n) is 7.88. The van der Waals surface area contributed by atoms with E-state index in [4.69, 9.17) is 9.47 Å². The second-order valence-corrected chi connectivity index (χ2v) is 8.92. The number of Topliss-reactive ketones (excluding diaryl/α,β-unsaturated/α-hetero) is 1. The standard InChI is InChI=1S/C25H23NO3S/c1-16-5-3-6-18(11-16)13-22-24(27)23-17(2)12-21-20(25(23)29-22)14-26(15-28-21)9-8-19-7-4-10-30-19/h3-7,10-13H,8-9,14-15H2,1-2H3/b22-13-. The van der Waals surface area contributed by atoms with E-state index in [0.29, 0.717) is 30.3 Å². The largest absolute Gasteiger partial charge is 0.478 e. The predicted octanol–water partition coefficient (Wildman–Crippen LogP) is 5.38. The number of carbonyl (C=O) groups excluding carboxylic acids is 1. The van der Waals surface area contributed by atoms with Gasteiger partial charge in [-0.05, 0) is 55.0 Å². The summed E-state index contributed by atoms with van der Waals surface area (Å²) in [4.78, 5) is 16.7. The van der Waals surface area contributed by atoms with Gasteiger partial charge in [-0.2, -0.15) is 0 Å². The molecule has 0 radical (unpaired) electrons. The van der Waals surface area contributed by atoms with Gasteiger partial charge in [0.1, 0.15) is 18.2 Å². The lowest BCUT2D eigenvalue weighted by Crippen LogP contribution is -2.33. The molecule has 5 heteroatoms. The monoisotopic (exact) mass is 417 g/mol. The molecular weight excluding hydrogens is 394 g/mol. The Balaban J connectivity index is 1.43. The zero-order valence-electron chi connectivity index (χ0n) is 17.1. The van der Waals surface area contributed by atoms with Gasteiger partial charge in [0.15, 0.2) is 5.76 Å². The molecule has 152 valence electrons. The van der Waals surface area contributed by atoms with Crippen LogP contribution in [0.2, 0.25) is 0 Å². The number of hydrogen-bond acceptors (Lipinski definition) is 5. The van der Waals surface area contributed by atoms with Crippen LogP contribution in [-0.4, -0.2) is 24.0 Å². The SMILES string of the molecule is Cc1cccc(/C=C2\Oc3c4c(cc(C)c3C2=O)OCN(CCc2cccs2)C4)c1. The van der Waals surface area contributed by atoms with Crippen LogP contribution in [-0.2, 0) is 13.0 Å². The molecule has 5 rings (SSSR count). The Morgan fingerprint density at radius 3 is 2.87 bits per heavy atom. The molecule has 0 unspecified atom stereocenters. The summed E-state index contributed by atoms with van der Waals surface area (Å²) >= 11 is 1.78. The Bertz CT molecular complexity index is 1150. The highest BCUT2D eigenvalue weighted by molar-refractivity contribution is 7.09. The number of fused-ring (bicyclic) bond motifs is 3. The smallest absolute Gasteiger partial charge is 0.232 e. The highest BCUT2D eigenvalue weighted by Gasteiger charge is 2.35. The number of carbonyl (C=O) groups is 1. The van der Waals surface area contributed by atoms with Crippen LogP contribution in [0.3, 0.4) is 0 Å². The zero-order chi connectivity index (χ0) is 20.7. The third kappa shape index (κ3) is 3.55. The van der Waals surface area contributed by atoms with Crippen molar-refractivity contribution < 1.29 is 14.3 Å². The molecule has 1 aromatic heterocycles. The first-order chi connectivity index (χ1) is 14.6. The summed E-state index contributed by atoms with van der Waals surface area (Å²) in [5.74, 6) is 1.81. The predicted molar refractivity (Wildman–Crippen MR) is 119 cm³/mol. The Kier molecular flexibility index (Phi) is 4.93. The molecule has 0 saturated heterocycles. The minimum absolute atomic E-state index is 0.0532. The van der Waals surface area contributed by atoms with Crippen molar-refractivity contribution in [1.82, 2.24) is 4.90 Å². The van der Waals surface area contributed by atoms with E-state index in [2.05, 4.69) is 22.4 Å². The van der Waals surface area contributed by atoms with Crippen LogP contribution in [0.4, 0.5) is 0 Å². The summed E-state index contributed by atoms with van der Waals surface area (Å²) in [6.45, 7) is 6.16. The molecule has 0 N–H and O–H groups in total. The Labute approximate surface area is 180 Å². The van der Waals surface area contributed by atoms with E-state index in [0.717, 1.165) is 41.0 Å². The average molecular weight is 418 g/mol. The number of nitrogens with zero attached hydrogens (tertiary/aromatic N) is 1. The van der Waals surface area contributed by atoms with Crippen LogP contribution in [0.5, 0.6) is 11.5 Å². The molecule has 2 aliphatic rings. The van der Waals surface area contributed by atoms with Crippen molar-refractivity contribution in [3.05, 3.63) is 86.3 Å². The van der Waals surface area contributed by atoms with Crippen LogP contribution in [0.25, 0.3) is 6.08 Å². The number of benzene rings is 2. The fourth-order valence-electron chi connectivity index (χ4n) is 4.05. The Hall–Kier alpha value is -2.89. The minimum atomic E-state index is -0.0532. The summed E-state index contributed by atoms with van der Waals surface area (Å²) in [5, 5.41) is 2.11. The van der Waals surface area contributed by atoms with Crippen molar-refractivity contribution in [1.29, 1.82) is 0 Å². The summed E-state index contributed by atoms with van der Waals surface area (Å²) in [5.41, 5.74) is 4.64. The van der Waals surface area contributed by atoms with Crippen molar-refractivity contribution in [2.45, 2.75) is 26.8 Å². The highest BCUT2D eigenvalue weighted by Crippen LogP contribution is 2.44. The molecule has 30 heavy (non-hydrogen) atoms. The van der Waals surface area contributed by atoms with Gasteiger partial charge in [-0.3, -0.25) is 9.69 Å².